The third-order valence-corrected chi connectivity index (χ3v) is 1.93. The third kappa shape index (κ3) is 4.21. The van der Waals surface area contributed by atoms with Crippen LogP contribution >= 0.6 is 0 Å². The smallest absolute Gasteiger partial charge is 0.000353 e. The Morgan fingerprint density at radius 1 is 1.29 bits per heavy atom. The third-order valence-electron chi connectivity index (χ3n) is 1.93. The van der Waals surface area contributed by atoms with E-state index in [1.807, 2.05) is 26.3 Å². The van der Waals surface area contributed by atoms with Crippen molar-refractivity contribution in [3.05, 3.63) is 41.8 Å². The second-order valence-electron chi connectivity index (χ2n) is 3.44. The second-order valence-corrected chi connectivity index (χ2v) is 3.44. The first-order valence-electron chi connectivity index (χ1n) is 4.68. The Hall–Kier alpha value is 0.284. The zero-order valence-electron chi connectivity index (χ0n) is 9.25. The van der Waals surface area contributed by atoms with E-state index in [1.54, 1.807) is 0 Å². The molecule has 0 saturated heterocycles. The monoisotopic (exact) mass is 264 g/mol. The molecule has 0 unspecified atom stereocenters. The van der Waals surface area contributed by atoms with Gasteiger partial charge < -0.3 is 11.3 Å². The maximum Gasteiger partial charge on any atom is 0.000353 e. The van der Waals surface area contributed by atoms with Gasteiger partial charge in [-0.15, -0.1) is 11.1 Å². The minimum Gasteiger partial charge on any atom is -0.335 e. The van der Waals surface area contributed by atoms with Crippen LogP contribution in [-0.2, 0) is 45.8 Å². The molecule has 0 atom stereocenters. The van der Waals surface area contributed by atoms with Gasteiger partial charge in [0.2, 0.25) is 0 Å². The summed E-state index contributed by atoms with van der Waals surface area (Å²) >= 11 is 0. The van der Waals surface area contributed by atoms with Crippen molar-refractivity contribution in [1.29, 1.82) is 0 Å². The van der Waals surface area contributed by atoms with Crippen LogP contribution in [0.4, 0.5) is 0 Å². The number of nitrogens with zero attached hydrogens (tertiary/aromatic N) is 1. The van der Waals surface area contributed by atoms with E-state index in [1.165, 1.54) is 11.1 Å². The molecule has 1 aromatic carbocycles. The van der Waals surface area contributed by atoms with E-state index >= 15 is 0 Å². The van der Waals surface area contributed by atoms with Gasteiger partial charge >= 0.3 is 0 Å². The van der Waals surface area contributed by atoms with Crippen LogP contribution in [0.2, 0.25) is 0 Å². The summed E-state index contributed by atoms with van der Waals surface area (Å²) in [6.07, 6.45) is 2.00. The van der Waals surface area contributed by atoms with Gasteiger partial charge in [-0.25, -0.2) is 0 Å². The molecule has 2 rings (SSSR count). The summed E-state index contributed by atoms with van der Waals surface area (Å²) in [4.78, 5) is 2.30. The fourth-order valence-electron chi connectivity index (χ4n) is 1.44. The maximum atomic E-state index is 3.09. The average molecular weight is 264 g/mol. The molecule has 0 aliphatic carbocycles. The fourth-order valence-corrected chi connectivity index (χ4v) is 1.44. The van der Waals surface area contributed by atoms with Crippen LogP contribution in [0.3, 0.4) is 0 Å². The summed E-state index contributed by atoms with van der Waals surface area (Å²) in [5.41, 5.74) is 2.89. The van der Waals surface area contributed by atoms with Crippen molar-refractivity contribution < 1.29 is 32.7 Å². The van der Waals surface area contributed by atoms with Gasteiger partial charge in [-0.2, -0.15) is 38.1 Å². The molecule has 0 N–H and O–H groups in total. The van der Waals surface area contributed by atoms with Crippen molar-refractivity contribution in [2.45, 2.75) is 26.9 Å². The van der Waals surface area contributed by atoms with Crippen molar-refractivity contribution in [3.8, 4) is 0 Å². The molecule has 75 valence electrons. The molecule has 1 nitrogen and oxygen atoms in total. The Bertz CT molecular complexity index is 235. The number of hydrogen-bond acceptors (Lipinski definition) is 1. The SMILES string of the molecule is CN1Cc2c[c-]ccc2C1.C[CH-]C.[Y]. The van der Waals surface area contributed by atoms with E-state index in [4.69, 9.17) is 0 Å². The van der Waals surface area contributed by atoms with Gasteiger partial charge in [0, 0.05) is 39.3 Å². The van der Waals surface area contributed by atoms with Crippen molar-refractivity contribution in [2.75, 3.05) is 7.05 Å². The summed E-state index contributed by atoms with van der Waals surface area (Å²) in [7, 11) is 2.14. The van der Waals surface area contributed by atoms with Crippen molar-refractivity contribution >= 4 is 0 Å². The van der Waals surface area contributed by atoms with E-state index in [0.29, 0.717) is 0 Å². The van der Waals surface area contributed by atoms with Gasteiger partial charge in [0.1, 0.15) is 0 Å². The molecule has 0 spiro atoms. The predicted octanol–water partition coefficient (Wildman–Crippen LogP) is 2.66. The summed E-state index contributed by atoms with van der Waals surface area (Å²) in [5.74, 6) is 0. The molecule has 0 saturated carbocycles. The topological polar surface area (TPSA) is 3.24 Å². The maximum absolute atomic E-state index is 3.09. The number of hydrogen-bond donors (Lipinski definition) is 0. The predicted molar refractivity (Wildman–Crippen MR) is 56.1 cm³/mol. The van der Waals surface area contributed by atoms with E-state index in [0.717, 1.165) is 13.1 Å². The molecule has 14 heavy (non-hydrogen) atoms. The zero-order valence-corrected chi connectivity index (χ0v) is 12.1. The first kappa shape index (κ1) is 14.3. The van der Waals surface area contributed by atoms with Gasteiger partial charge in [-0.3, -0.25) is 0 Å². The van der Waals surface area contributed by atoms with Gasteiger partial charge in [0.25, 0.3) is 0 Å². The quantitative estimate of drug-likeness (QED) is 0.651. The molecule has 1 aliphatic heterocycles. The molecular weight excluding hydrogens is 247 g/mol. The second kappa shape index (κ2) is 7.56. The molecule has 0 bridgehead atoms. The largest absolute Gasteiger partial charge is 0.335 e. The molecule has 1 heterocycles. The van der Waals surface area contributed by atoms with Crippen LogP contribution in [0, 0.1) is 12.5 Å². The van der Waals surface area contributed by atoms with Crippen molar-refractivity contribution in [3.63, 3.8) is 0 Å². The molecule has 0 fully saturated rings. The van der Waals surface area contributed by atoms with Crippen LogP contribution in [0.25, 0.3) is 0 Å². The average Bonchev–Trinajstić information content (AvgIpc) is 2.45. The number of benzene rings is 1. The zero-order chi connectivity index (χ0) is 9.68. The molecule has 0 aromatic heterocycles. The Kier molecular flexibility index (Phi) is 7.71. The normalized spacial score (nSPS) is 13.6. The summed E-state index contributed by atoms with van der Waals surface area (Å²) < 4.78 is 0. The van der Waals surface area contributed by atoms with Crippen LogP contribution in [0.5, 0.6) is 0 Å². The van der Waals surface area contributed by atoms with Gasteiger partial charge in [0.05, 0.1) is 0 Å². The van der Waals surface area contributed by atoms with E-state index in [2.05, 4.69) is 30.1 Å². The summed E-state index contributed by atoms with van der Waals surface area (Å²) in [6.45, 7) is 6.19. The van der Waals surface area contributed by atoms with E-state index in [9.17, 15) is 0 Å². The molecule has 1 aromatic rings. The van der Waals surface area contributed by atoms with E-state index < -0.39 is 0 Å². The Morgan fingerprint density at radius 3 is 2.43 bits per heavy atom. The minimum absolute atomic E-state index is 0. The summed E-state index contributed by atoms with van der Waals surface area (Å²) in [5, 5.41) is 0. The van der Waals surface area contributed by atoms with Gasteiger partial charge in [0.15, 0.2) is 0 Å². The molecule has 1 aliphatic rings. The fraction of sp³-hybridized carbons (Fsp3) is 0.417. The minimum atomic E-state index is 0. The first-order chi connectivity index (χ1) is 6.27. The molecule has 0 amide bonds. The molecule has 1 radical (unpaired) electrons. The summed E-state index contributed by atoms with van der Waals surface area (Å²) in [6, 6.07) is 9.30. The van der Waals surface area contributed by atoms with Crippen molar-refractivity contribution in [1.82, 2.24) is 4.90 Å². The first-order valence-corrected chi connectivity index (χ1v) is 4.68. The number of fused-ring (bicyclic) bond motifs is 1. The van der Waals surface area contributed by atoms with Crippen LogP contribution < -0.4 is 0 Å². The Balaban J connectivity index is 0.000000381. The van der Waals surface area contributed by atoms with Gasteiger partial charge in [-0.1, -0.05) is 0 Å². The Labute approximate surface area is 113 Å². The standard InChI is InChI=1S/C9H10N.C3H7.Y/c1-10-6-8-4-2-3-5-9(8)7-10;1-3-2;/h2,4-5H,6-7H2,1H3;3H,1-2H3;/q2*-1;. The van der Waals surface area contributed by atoms with Crippen LogP contribution in [-0.4, -0.2) is 11.9 Å². The van der Waals surface area contributed by atoms with Crippen molar-refractivity contribution in [2.24, 2.45) is 0 Å². The van der Waals surface area contributed by atoms with Crippen LogP contribution in [0.1, 0.15) is 25.0 Å². The number of rotatable bonds is 0. The van der Waals surface area contributed by atoms with Gasteiger partial charge in [-0.05, 0) is 13.6 Å². The Morgan fingerprint density at radius 2 is 1.86 bits per heavy atom. The molecule has 2 heteroatoms. The van der Waals surface area contributed by atoms with Crippen LogP contribution in [0.15, 0.2) is 18.2 Å². The molecular formula is C12H17NY-2. The van der Waals surface area contributed by atoms with E-state index in [-0.39, 0.29) is 32.7 Å².